The molecule has 0 aliphatic carbocycles. The monoisotopic (exact) mass is 426 g/mol. The van der Waals surface area contributed by atoms with Gasteiger partial charge in [-0.05, 0) is 14.0 Å². The second-order valence-corrected chi connectivity index (χ2v) is 6.91. The second-order valence-electron chi connectivity index (χ2n) is 6.91. The molecule has 0 atom stereocenters. The number of likely N-dealkylation sites (N-methyl/N-ethyl adjacent to an activating group) is 2. The van der Waals surface area contributed by atoms with Gasteiger partial charge in [-0.15, -0.1) is 0 Å². The highest BCUT2D eigenvalue weighted by Gasteiger charge is 2.17. The number of amidine groups is 1. The fourth-order valence-electron chi connectivity index (χ4n) is 1.82. The van der Waals surface area contributed by atoms with Crippen LogP contribution in [-0.4, -0.2) is 129 Å². The Morgan fingerprint density at radius 2 is 1.63 bits per heavy atom. The van der Waals surface area contributed by atoms with E-state index >= 15 is 0 Å². The van der Waals surface area contributed by atoms with E-state index in [2.05, 4.69) is 54.4 Å². The van der Waals surface area contributed by atoms with Gasteiger partial charge >= 0.3 is 0 Å². The number of hydrogen-bond donors (Lipinski definition) is 2. The highest BCUT2D eigenvalue weighted by molar-refractivity contribution is 5.81. The van der Waals surface area contributed by atoms with Gasteiger partial charge in [0.2, 0.25) is 5.91 Å². The van der Waals surface area contributed by atoms with Gasteiger partial charge in [0.05, 0.1) is 12.4 Å². The van der Waals surface area contributed by atoms with Gasteiger partial charge in [-0.25, -0.2) is 4.98 Å². The number of hydrogen-bond acceptors (Lipinski definition) is 6. The number of aliphatic imine (C=N–C) groups is 2. The van der Waals surface area contributed by atoms with Crippen molar-refractivity contribution in [1.82, 2.24) is 40.1 Å². The standard InChI is InChI=1S/C6H13N3.C5H12N2.C4H8N4.C4H9NO/c1-7-6-8(2)4-5-9(6)3;1-5(6-2)7(3)4;1-5-2-4-6-3-7-8-4;1-4(6)5(2)3/h4-5H2,1-3H3;1-4H3;3,5H,2H2,1H3,(H,6,7,8);1-3H3. The molecule has 0 aromatic carbocycles. The van der Waals surface area contributed by atoms with E-state index in [1.54, 1.807) is 21.1 Å². The maximum atomic E-state index is 10.1. The van der Waals surface area contributed by atoms with Crippen LogP contribution < -0.4 is 5.32 Å². The first-order chi connectivity index (χ1) is 14.0. The van der Waals surface area contributed by atoms with E-state index in [1.165, 1.54) is 18.2 Å². The topological polar surface area (TPSA) is 108 Å². The molecule has 1 aromatic heterocycles. The number of aromatic amines is 1. The third-order valence-corrected chi connectivity index (χ3v) is 4.06. The van der Waals surface area contributed by atoms with Gasteiger partial charge in [0.15, 0.2) is 5.96 Å². The minimum absolute atomic E-state index is 0.0926. The minimum atomic E-state index is 0.0926. The van der Waals surface area contributed by atoms with Crippen LogP contribution in [0.5, 0.6) is 0 Å². The number of guanidine groups is 1. The maximum Gasteiger partial charge on any atom is 0.218 e. The number of carbonyl (C=O) groups is 1. The van der Waals surface area contributed by atoms with E-state index < -0.39 is 0 Å². The second kappa shape index (κ2) is 17.2. The Bertz CT molecular complexity index is 599. The molecule has 2 heterocycles. The van der Waals surface area contributed by atoms with Crippen molar-refractivity contribution in [2.45, 2.75) is 20.4 Å². The molecule has 30 heavy (non-hydrogen) atoms. The van der Waals surface area contributed by atoms with Crippen molar-refractivity contribution in [1.29, 1.82) is 0 Å². The average molecular weight is 427 g/mol. The molecule has 2 rings (SSSR count). The molecule has 174 valence electrons. The van der Waals surface area contributed by atoms with Gasteiger partial charge < -0.3 is 24.9 Å². The first kappa shape index (κ1) is 29.5. The number of nitrogens with one attached hydrogen (secondary N) is 2. The summed E-state index contributed by atoms with van der Waals surface area (Å²) in [4.78, 5) is 29.8. The van der Waals surface area contributed by atoms with Crippen molar-refractivity contribution < 1.29 is 4.79 Å². The van der Waals surface area contributed by atoms with Gasteiger partial charge in [0.1, 0.15) is 12.2 Å². The Hall–Kier alpha value is -2.69. The minimum Gasteiger partial charge on any atom is -0.367 e. The van der Waals surface area contributed by atoms with Crippen molar-refractivity contribution in [3.05, 3.63) is 12.2 Å². The molecule has 11 heteroatoms. The van der Waals surface area contributed by atoms with Crippen molar-refractivity contribution in [3.8, 4) is 0 Å². The van der Waals surface area contributed by atoms with Crippen LogP contribution in [0.15, 0.2) is 16.3 Å². The molecule has 1 amide bonds. The summed E-state index contributed by atoms with van der Waals surface area (Å²) < 4.78 is 0. The molecule has 0 bridgehead atoms. The number of amides is 1. The van der Waals surface area contributed by atoms with E-state index in [1.807, 2.05) is 40.0 Å². The summed E-state index contributed by atoms with van der Waals surface area (Å²) in [6, 6.07) is 0. The summed E-state index contributed by atoms with van der Waals surface area (Å²) in [5, 5.41) is 9.32. The number of rotatable bonds is 2. The predicted molar refractivity (Wildman–Crippen MR) is 125 cm³/mol. The molecule has 2 N–H and O–H groups in total. The first-order valence-electron chi connectivity index (χ1n) is 9.68. The summed E-state index contributed by atoms with van der Waals surface area (Å²) in [5.74, 6) is 3.11. The molecule has 1 aliphatic rings. The van der Waals surface area contributed by atoms with Crippen LogP contribution in [0.25, 0.3) is 0 Å². The zero-order chi connectivity index (χ0) is 23.7. The molecular weight excluding hydrogens is 384 g/mol. The Morgan fingerprint density at radius 1 is 1.13 bits per heavy atom. The van der Waals surface area contributed by atoms with Crippen molar-refractivity contribution in [3.63, 3.8) is 0 Å². The Balaban J connectivity index is 0. The molecule has 1 fully saturated rings. The molecule has 0 spiro atoms. The third kappa shape index (κ3) is 14.3. The Morgan fingerprint density at radius 3 is 1.83 bits per heavy atom. The highest BCUT2D eigenvalue weighted by atomic mass is 16.2. The lowest BCUT2D eigenvalue weighted by Crippen LogP contribution is -2.27. The summed E-state index contributed by atoms with van der Waals surface area (Å²) in [6.07, 6.45) is 1.49. The van der Waals surface area contributed by atoms with Crippen LogP contribution in [0.4, 0.5) is 0 Å². The van der Waals surface area contributed by atoms with E-state index in [0.717, 1.165) is 37.3 Å². The van der Waals surface area contributed by atoms with Gasteiger partial charge in [-0.3, -0.25) is 19.9 Å². The third-order valence-electron chi connectivity index (χ3n) is 4.06. The molecule has 1 saturated heterocycles. The van der Waals surface area contributed by atoms with Crippen LogP contribution in [0, 0.1) is 0 Å². The van der Waals surface area contributed by atoms with E-state index in [-0.39, 0.29) is 5.91 Å². The largest absolute Gasteiger partial charge is 0.367 e. The highest BCUT2D eigenvalue weighted by Crippen LogP contribution is 2.01. The lowest BCUT2D eigenvalue weighted by atomic mass is 10.6. The number of carbonyl (C=O) groups excluding carboxylic acids is 1. The van der Waals surface area contributed by atoms with Crippen molar-refractivity contribution in [2.24, 2.45) is 9.98 Å². The van der Waals surface area contributed by atoms with Gasteiger partial charge in [-0.2, -0.15) is 5.10 Å². The SMILES string of the molecule is CC(=O)N(C)C.CN=C(C)N(C)C.CN=C1N(C)CCN1C.CNCc1ncn[nH]1. The summed E-state index contributed by atoms with van der Waals surface area (Å²) in [6.45, 7) is 6.45. The Kier molecular flexibility index (Phi) is 16.9. The van der Waals surface area contributed by atoms with Gasteiger partial charge in [0.25, 0.3) is 0 Å². The zero-order valence-electron chi connectivity index (χ0n) is 20.7. The van der Waals surface area contributed by atoms with E-state index in [9.17, 15) is 4.79 Å². The van der Waals surface area contributed by atoms with Crippen LogP contribution >= 0.6 is 0 Å². The molecular formula is C19H42N10O. The molecule has 1 aromatic rings. The van der Waals surface area contributed by atoms with Gasteiger partial charge in [-0.1, -0.05) is 0 Å². The zero-order valence-corrected chi connectivity index (χ0v) is 20.7. The molecule has 0 unspecified atom stereocenters. The molecule has 11 nitrogen and oxygen atoms in total. The Labute approximate surface area is 182 Å². The normalized spacial score (nSPS) is 12.6. The van der Waals surface area contributed by atoms with Gasteiger partial charge in [0, 0.05) is 76.4 Å². The smallest absolute Gasteiger partial charge is 0.218 e. The molecule has 0 radical (unpaired) electrons. The van der Waals surface area contributed by atoms with E-state index in [4.69, 9.17) is 0 Å². The molecule has 0 saturated carbocycles. The maximum absolute atomic E-state index is 10.1. The first-order valence-corrected chi connectivity index (χ1v) is 9.68. The molecule has 1 aliphatic heterocycles. The van der Waals surface area contributed by atoms with Crippen LogP contribution in [0.2, 0.25) is 0 Å². The van der Waals surface area contributed by atoms with Crippen LogP contribution in [-0.2, 0) is 11.3 Å². The summed E-state index contributed by atoms with van der Waals surface area (Å²) in [7, 11) is 17.0. The number of nitrogens with zero attached hydrogens (tertiary/aromatic N) is 8. The fraction of sp³-hybridized carbons (Fsp3) is 0.737. The predicted octanol–water partition coefficient (Wildman–Crippen LogP) is 0.0642. The van der Waals surface area contributed by atoms with Crippen LogP contribution in [0.1, 0.15) is 19.7 Å². The van der Waals surface area contributed by atoms with Crippen molar-refractivity contribution in [2.75, 3.05) is 76.5 Å². The summed E-state index contributed by atoms with van der Waals surface area (Å²) in [5.41, 5.74) is 0. The lowest BCUT2D eigenvalue weighted by Gasteiger charge is -2.13. The quantitative estimate of drug-likeness (QED) is 0.509. The van der Waals surface area contributed by atoms with Crippen LogP contribution in [0.3, 0.4) is 0 Å². The van der Waals surface area contributed by atoms with E-state index in [0.29, 0.717) is 0 Å². The lowest BCUT2D eigenvalue weighted by molar-refractivity contribution is -0.126. The number of aromatic nitrogens is 3. The average Bonchev–Trinajstić information content (AvgIpc) is 3.32. The summed E-state index contributed by atoms with van der Waals surface area (Å²) >= 11 is 0. The van der Waals surface area contributed by atoms with Crippen molar-refractivity contribution >= 4 is 17.7 Å². The number of H-pyrrole nitrogens is 1. The fourth-order valence-corrected chi connectivity index (χ4v) is 1.82.